The highest BCUT2D eigenvalue weighted by atomic mass is 32.1. The molecule has 0 saturated carbocycles. The van der Waals surface area contributed by atoms with Gasteiger partial charge >= 0.3 is 0 Å². The van der Waals surface area contributed by atoms with Gasteiger partial charge in [-0.25, -0.2) is 4.98 Å². The molecule has 0 unspecified atom stereocenters. The summed E-state index contributed by atoms with van der Waals surface area (Å²) in [5.74, 6) is 0.0888. The Morgan fingerprint density at radius 2 is 2.13 bits per heavy atom. The number of hydrogen-bond donors (Lipinski definition) is 0. The van der Waals surface area contributed by atoms with Crippen molar-refractivity contribution in [2.24, 2.45) is 0 Å². The van der Waals surface area contributed by atoms with Crippen LogP contribution in [0.3, 0.4) is 0 Å². The highest BCUT2D eigenvalue weighted by molar-refractivity contribution is 7.09. The molecule has 0 bridgehead atoms. The van der Waals surface area contributed by atoms with Crippen LogP contribution in [0, 0.1) is 0 Å². The molecule has 0 fully saturated rings. The Balaban J connectivity index is 1.57. The fourth-order valence-electron chi connectivity index (χ4n) is 2.20. The molecule has 3 aromatic rings. The van der Waals surface area contributed by atoms with E-state index in [2.05, 4.69) is 15.3 Å². The van der Waals surface area contributed by atoms with E-state index in [-0.39, 0.29) is 5.91 Å². The summed E-state index contributed by atoms with van der Waals surface area (Å²) < 4.78 is 0. The minimum absolute atomic E-state index is 0.0888. The Hall–Kier alpha value is -2.05. The first-order valence-corrected chi connectivity index (χ1v) is 9.11. The molecule has 0 aliphatic rings. The normalized spacial score (nSPS) is 10.7. The number of nitrogens with zero attached hydrogens (tertiary/aromatic N) is 3. The fourth-order valence-corrected chi connectivity index (χ4v) is 3.67. The van der Waals surface area contributed by atoms with E-state index in [4.69, 9.17) is 0 Å². The van der Waals surface area contributed by atoms with E-state index < -0.39 is 0 Å². The fraction of sp³-hybridized carbons (Fsp3) is 0.235. The summed E-state index contributed by atoms with van der Waals surface area (Å²) in [6.07, 6.45) is 2.84. The van der Waals surface area contributed by atoms with Gasteiger partial charge in [-0.15, -0.1) is 11.3 Å². The lowest BCUT2D eigenvalue weighted by atomic mass is 10.2. The van der Waals surface area contributed by atoms with Gasteiger partial charge in [0.05, 0.1) is 17.1 Å². The number of rotatable bonds is 6. The molecule has 3 heterocycles. The molecule has 0 radical (unpaired) electrons. The summed E-state index contributed by atoms with van der Waals surface area (Å²) in [6.45, 7) is 0.646. The third kappa shape index (κ3) is 4.46. The van der Waals surface area contributed by atoms with Gasteiger partial charge in [-0.2, -0.15) is 11.3 Å². The van der Waals surface area contributed by atoms with Crippen molar-refractivity contribution in [3.63, 3.8) is 0 Å². The molecule has 0 aromatic carbocycles. The molecule has 0 atom stereocenters. The van der Waals surface area contributed by atoms with Gasteiger partial charge in [0.1, 0.15) is 0 Å². The molecular weight excluding hydrogens is 326 g/mol. The molecule has 1 amide bonds. The first kappa shape index (κ1) is 15.8. The Morgan fingerprint density at radius 3 is 2.87 bits per heavy atom. The van der Waals surface area contributed by atoms with Gasteiger partial charge in [0, 0.05) is 37.3 Å². The third-order valence-corrected chi connectivity index (χ3v) is 5.05. The van der Waals surface area contributed by atoms with Gasteiger partial charge in [0.15, 0.2) is 0 Å². The molecule has 0 aliphatic carbocycles. The van der Waals surface area contributed by atoms with Crippen LogP contribution < -0.4 is 0 Å². The first-order chi connectivity index (χ1) is 11.2. The molecular formula is C17H17N3OS2. The standard InChI is InChI=1S/C17H17N3OS2/c1-20(10-13-5-7-22-11-13)17(21)9-15-12-23-16(19-15)8-14-4-2-3-6-18-14/h2-7,11-12H,8-10H2,1H3. The summed E-state index contributed by atoms with van der Waals surface area (Å²) in [5, 5.41) is 7.05. The maximum Gasteiger partial charge on any atom is 0.228 e. The van der Waals surface area contributed by atoms with Crippen molar-refractivity contribution >= 4 is 28.6 Å². The topological polar surface area (TPSA) is 46.1 Å². The van der Waals surface area contributed by atoms with Crippen LogP contribution in [-0.2, 0) is 24.2 Å². The number of amides is 1. The molecule has 0 saturated heterocycles. The lowest BCUT2D eigenvalue weighted by molar-refractivity contribution is -0.129. The van der Waals surface area contributed by atoms with Crippen molar-refractivity contribution in [1.29, 1.82) is 0 Å². The van der Waals surface area contributed by atoms with Crippen molar-refractivity contribution in [1.82, 2.24) is 14.9 Å². The number of thiazole rings is 1. The lowest BCUT2D eigenvalue weighted by Gasteiger charge is -2.15. The van der Waals surface area contributed by atoms with Crippen LogP contribution in [0.25, 0.3) is 0 Å². The summed E-state index contributed by atoms with van der Waals surface area (Å²) in [4.78, 5) is 22.9. The van der Waals surface area contributed by atoms with Gasteiger partial charge in [-0.1, -0.05) is 6.07 Å². The Kier molecular flexibility index (Phi) is 5.15. The smallest absolute Gasteiger partial charge is 0.228 e. The van der Waals surface area contributed by atoms with Crippen LogP contribution in [0.2, 0.25) is 0 Å². The van der Waals surface area contributed by atoms with E-state index in [1.165, 1.54) is 5.56 Å². The Bertz CT molecular complexity index is 753. The molecule has 6 heteroatoms. The minimum Gasteiger partial charge on any atom is -0.341 e. The number of pyridine rings is 1. The van der Waals surface area contributed by atoms with Crippen molar-refractivity contribution in [2.45, 2.75) is 19.4 Å². The molecule has 0 N–H and O–H groups in total. The molecule has 4 nitrogen and oxygen atoms in total. The van der Waals surface area contributed by atoms with Crippen LogP contribution in [-0.4, -0.2) is 27.8 Å². The van der Waals surface area contributed by atoms with E-state index in [1.807, 2.05) is 42.1 Å². The van der Waals surface area contributed by atoms with Gasteiger partial charge < -0.3 is 4.90 Å². The zero-order valence-electron chi connectivity index (χ0n) is 12.8. The van der Waals surface area contributed by atoms with Crippen LogP contribution in [0.1, 0.15) is 22.0 Å². The van der Waals surface area contributed by atoms with Gasteiger partial charge in [0.25, 0.3) is 0 Å². The van der Waals surface area contributed by atoms with Gasteiger partial charge in [0.2, 0.25) is 5.91 Å². The number of aromatic nitrogens is 2. The lowest BCUT2D eigenvalue weighted by Crippen LogP contribution is -2.27. The summed E-state index contributed by atoms with van der Waals surface area (Å²) in [5.41, 5.74) is 3.00. The third-order valence-electron chi connectivity index (χ3n) is 3.42. The Morgan fingerprint density at radius 1 is 1.22 bits per heavy atom. The van der Waals surface area contributed by atoms with Gasteiger partial charge in [-0.05, 0) is 34.5 Å². The maximum absolute atomic E-state index is 12.3. The summed E-state index contributed by atoms with van der Waals surface area (Å²) in [7, 11) is 1.83. The zero-order chi connectivity index (χ0) is 16.1. The molecule has 23 heavy (non-hydrogen) atoms. The zero-order valence-corrected chi connectivity index (χ0v) is 14.4. The molecule has 118 valence electrons. The van der Waals surface area contributed by atoms with Gasteiger partial charge in [-0.3, -0.25) is 9.78 Å². The second kappa shape index (κ2) is 7.48. The highest BCUT2D eigenvalue weighted by Crippen LogP contribution is 2.15. The quantitative estimate of drug-likeness (QED) is 0.689. The average Bonchev–Trinajstić information content (AvgIpc) is 3.20. The number of thiophene rings is 1. The van der Waals surface area contributed by atoms with E-state index in [0.29, 0.717) is 19.4 Å². The van der Waals surface area contributed by atoms with Crippen molar-refractivity contribution in [3.05, 3.63) is 68.6 Å². The van der Waals surface area contributed by atoms with E-state index in [9.17, 15) is 4.79 Å². The predicted molar refractivity (Wildman–Crippen MR) is 93.7 cm³/mol. The van der Waals surface area contributed by atoms with E-state index in [0.717, 1.165) is 16.4 Å². The second-order valence-corrected chi connectivity index (χ2v) is 7.01. The van der Waals surface area contributed by atoms with Crippen LogP contribution >= 0.6 is 22.7 Å². The van der Waals surface area contributed by atoms with Crippen LogP contribution in [0.15, 0.2) is 46.6 Å². The number of likely N-dealkylation sites (N-methyl/N-ethyl adjacent to an activating group) is 1. The number of carbonyl (C=O) groups is 1. The van der Waals surface area contributed by atoms with Crippen LogP contribution in [0.5, 0.6) is 0 Å². The highest BCUT2D eigenvalue weighted by Gasteiger charge is 2.13. The molecule has 0 spiro atoms. The largest absolute Gasteiger partial charge is 0.341 e. The van der Waals surface area contributed by atoms with E-state index >= 15 is 0 Å². The van der Waals surface area contributed by atoms with Crippen molar-refractivity contribution in [3.8, 4) is 0 Å². The molecule has 0 aliphatic heterocycles. The average molecular weight is 343 g/mol. The maximum atomic E-state index is 12.3. The SMILES string of the molecule is CN(Cc1ccsc1)C(=O)Cc1csc(Cc2ccccn2)n1. The first-order valence-electron chi connectivity index (χ1n) is 7.29. The molecule has 3 aromatic heterocycles. The summed E-state index contributed by atoms with van der Waals surface area (Å²) >= 11 is 3.23. The number of carbonyl (C=O) groups excluding carboxylic acids is 1. The monoisotopic (exact) mass is 343 g/mol. The number of hydrogen-bond acceptors (Lipinski definition) is 5. The second-order valence-electron chi connectivity index (χ2n) is 5.29. The molecule has 3 rings (SSSR count). The predicted octanol–water partition coefficient (Wildman–Crippen LogP) is 3.39. The minimum atomic E-state index is 0.0888. The summed E-state index contributed by atoms with van der Waals surface area (Å²) in [6, 6.07) is 7.90. The van der Waals surface area contributed by atoms with Crippen LogP contribution in [0.4, 0.5) is 0 Å². The van der Waals surface area contributed by atoms with E-state index in [1.54, 1.807) is 33.8 Å². The van der Waals surface area contributed by atoms with Crippen molar-refractivity contribution < 1.29 is 4.79 Å². The van der Waals surface area contributed by atoms with Crippen molar-refractivity contribution in [2.75, 3.05) is 7.05 Å². The Labute approximate surface area is 143 Å².